The van der Waals surface area contributed by atoms with Crippen LogP contribution in [0.1, 0.15) is 34.8 Å². The molecule has 6 rings (SSSR count). The molecule has 4 aromatic rings. The van der Waals surface area contributed by atoms with Gasteiger partial charge in [-0.2, -0.15) is 5.10 Å². The maximum atomic E-state index is 14.5. The third kappa shape index (κ3) is 4.12. The number of amides is 1. The van der Waals surface area contributed by atoms with Crippen molar-refractivity contribution in [3.8, 4) is 11.5 Å². The van der Waals surface area contributed by atoms with Crippen molar-refractivity contribution in [3.63, 3.8) is 0 Å². The molecule has 190 valence electrons. The Bertz CT molecular complexity index is 1660. The van der Waals surface area contributed by atoms with Gasteiger partial charge in [-0.3, -0.25) is 4.79 Å². The Morgan fingerprint density at radius 3 is 2.76 bits per heavy atom. The molecule has 2 aliphatic heterocycles. The summed E-state index contributed by atoms with van der Waals surface area (Å²) in [6.45, 7) is 0.588. The number of hydrogen-bond acceptors (Lipinski definition) is 7. The largest absolute Gasteiger partial charge is 0.454 e. The van der Waals surface area contributed by atoms with Crippen LogP contribution in [0, 0.1) is 11.6 Å². The highest BCUT2D eigenvalue weighted by atomic mass is 32.2. The molecule has 2 aromatic carbocycles. The lowest BCUT2D eigenvalue weighted by Crippen LogP contribution is -2.30. The zero-order valence-corrected chi connectivity index (χ0v) is 20.0. The van der Waals surface area contributed by atoms with Gasteiger partial charge in [0, 0.05) is 30.1 Å². The van der Waals surface area contributed by atoms with Crippen molar-refractivity contribution in [2.24, 2.45) is 0 Å². The molecule has 0 radical (unpaired) electrons. The number of pyridine rings is 1. The van der Waals surface area contributed by atoms with Crippen LogP contribution in [0.4, 0.5) is 14.5 Å². The van der Waals surface area contributed by atoms with E-state index in [1.807, 2.05) is 4.90 Å². The zero-order valence-electron chi connectivity index (χ0n) is 19.2. The molecule has 12 heteroatoms. The van der Waals surface area contributed by atoms with Crippen molar-refractivity contribution in [3.05, 3.63) is 83.7 Å². The van der Waals surface area contributed by atoms with Crippen LogP contribution in [-0.2, 0) is 10.0 Å². The van der Waals surface area contributed by atoms with Gasteiger partial charge in [-0.1, -0.05) is 0 Å². The summed E-state index contributed by atoms with van der Waals surface area (Å²) in [6, 6.07) is 10.5. The normalized spacial score (nSPS) is 16.9. The summed E-state index contributed by atoms with van der Waals surface area (Å²) in [6.07, 6.45) is 4.31. The lowest BCUT2D eigenvalue weighted by atomic mass is 10.0. The summed E-state index contributed by atoms with van der Waals surface area (Å²) in [5, 5.41) is 4.16. The van der Waals surface area contributed by atoms with E-state index in [1.54, 1.807) is 18.3 Å². The van der Waals surface area contributed by atoms with Crippen molar-refractivity contribution < 1.29 is 31.5 Å². The highest BCUT2D eigenvalue weighted by Gasteiger charge is 2.30. The summed E-state index contributed by atoms with van der Waals surface area (Å²) in [7, 11) is -4.21. The van der Waals surface area contributed by atoms with Crippen molar-refractivity contribution in [1.29, 1.82) is 0 Å². The van der Waals surface area contributed by atoms with Crippen LogP contribution in [0.25, 0.3) is 5.52 Å². The van der Waals surface area contributed by atoms with Gasteiger partial charge in [0.2, 0.25) is 6.79 Å². The molecule has 1 amide bonds. The van der Waals surface area contributed by atoms with E-state index in [9.17, 15) is 22.0 Å². The quantitative estimate of drug-likeness (QED) is 0.422. The third-order valence-electron chi connectivity index (χ3n) is 6.53. The molecule has 1 atom stereocenters. The average Bonchev–Trinajstić information content (AvgIpc) is 3.63. The number of halogens is 2. The first-order valence-electron chi connectivity index (χ1n) is 11.5. The van der Waals surface area contributed by atoms with Crippen molar-refractivity contribution >= 4 is 27.1 Å². The number of sulfonamides is 1. The van der Waals surface area contributed by atoms with Gasteiger partial charge < -0.3 is 14.4 Å². The summed E-state index contributed by atoms with van der Waals surface area (Å²) in [4.78, 5) is 14.8. The first-order chi connectivity index (χ1) is 17.8. The van der Waals surface area contributed by atoms with Gasteiger partial charge in [0.15, 0.2) is 11.5 Å². The fourth-order valence-electron chi connectivity index (χ4n) is 4.77. The monoisotopic (exact) mass is 526 g/mol. The minimum Gasteiger partial charge on any atom is -0.454 e. The first kappa shape index (κ1) is 23.2. The highest BCUT2D eigenvalue weighted by molar-refractivity contribution is 7.90. The van der Waals surface area contributed by atoms with Crippen molar-refractivity contribution in [2.75, 3.05) is 18.2 Å². The molecule has 0 aliphatic carbocycles. The Kier molecular flexibility index (Phi) is 5.48. The lowest BCUT2D eigenvalue weighted by Gasteiger charge is -2.27. The van der Waals surface area contributed by atoms with Gasteiger partial charge in [-0.15, -0.1) is 0 Å². The molecule has 4 heterocycles. The van der Waals surface area contributed by atoms with Crippen molar-refractivity contribution in [1.82, 2.24) is 14.3 Å². The molecule has 0 spiro atoms. The predicted molar refractivity (Wildman–Crippen MR) is 128 cm³/mol. The van der Waals surface area contributed by atoms with E-state index < -0.39 is 27.6 Å². The molecule has 0 bridgehead atoms. The Hall–Kier alpha value is -4.19. The number of carbonyl (C=O) groups is 1. The molecule has 1 fully saturated rings. The topological polar surface area (TPSA) is 102 Å². The second kappa shape index (κ2) is 8.73. The van der Waals surface area contributed by atoms with E-state index in [4.69, 9.17) is 9.47 Å². The van der Waals surface area contributed by atoms with E-state index in [2.05, 4.69) is 9.82 Å². The van der Waals surface area contributed by atoms with Gasteiger partial charge >= 0.3 is 0 Å². The second-order valence-electron chi connectivity index (χ2n) is 8.74. The summed E-state index contributed by atoms with van der Waals surface area (Å²) < 4.78 is 68.1. The minimum atomic E-state index is -4.21. The van der Waals surface area contributed by atoms with E-state index in [0.717, 1.165) is 18.6 Å². The number of rotatable bonds is 5. The zero-order chi connectivity index (χ0) is 25.7. The number of aromatic nitrogens is 2. The molecule has 1 saturated heterocycles. The number of nitrogens with one attached hydrogen (secondary N) is 1. The fourth-order valence-corrected chi connectivity index (χ4v) is 5.75. The Balaban J connectivity index is 1.30. The molecule has 37 heavy (non-hydrogen) atoms. The number of anilines is 1. The van der Waals surface area contributed by atoms with Gasteiger partial charge in [-0.05, 0) is 55.3 Å². The summed E-state index contributed by atoms with van der Waals surface area (Å²) in [5.74, 6) is -1.18. The van der Waals surface area contributed by atoms with E-state index >= 15 is 0 Å². The molecule has 1 N–H and O–H groups in total. The number of nitrogens with zero attached hydrogens (tertiary/aromatic N) is 3. The number of ether oxygens (including phenoxy) is 2. The maximum absolute atomic E-state index is 14.5. The highest BCUT2D eigenvalue weighted by Crippen LogP contribution is 2.38. The van der Waals surface area contributed by atoms with Crippen LogP contribution >= 0.6 is 0 Å². The Morgan fingerprint density at radius 2 is 1.89 bits per heavy atom. The average molecular weight is 527 g/mol. The molecular weight excluding hydrogens is 506 g/mol. The SMILES string of the molecule is O=C(NS(=O)(=O)c1ccc2c(c1)OCO2)c1cnn2ccc(N3CCC[C@@H]3c3cc(F)ccc3F)cc12. The predicted octanol–water partition coefficient (Wildman–Crippen LogP) is 3.80. The van der Waals surface area contributed by atoms with Gasteiger partial charge in [0.05, 0.1) is 28.2 Å². The minimum absolute atomic E-state index is 0.0142. The van der Waals surface area contributed by atoms with Gasteiger partial charge in [-0.25, -0.2) is 26.4 Å². The number of benzene rings is 2. The number of hydrogen-bond donors (Lipinski definition) is 1. The van der Waals surface area contributed by atoms with Crippen molar-refractivity contribution in [2.45, 2.75) is 23.8 Å². The first-order valence-corrected chi connectivity index (χ1v) is 12.9. The third-order valence-corrected chi connectivity index (χ3v) is 7.86. The molecule has 0 saturated carbocycles. The lowest BCUT2D eigenvalue weighted by molar-refractivity contribution is 0.0983. The molecule has 9 nitrogen and oxygen atoms in total. The van der Waals surface area contributed by atoms with E-state index in [-0.39, 0.29) is 34.6 Å². The van der Waals surface area contributed by atoms with E-state index in [0.29, 0.717) is 29.9 Å². The number of fused-ring (bicyclic) bond motifs is 2. The Morgan fingerprint density at radius 1 is 1.05 bits per heavy atom. The van der Waals surface area contributed by atoms with E-state index in [1.165, 1.54) is 35.0 Å². The summed E-state index contributed by atoms with van der Waals surface area (Å²) >= 11 is 0. The molecular formula is C25H20F2N4O5S. The Labute approximate surface area is 210 Å². The van der Waals surface area contributed by atoms with Gasteiger partial charge in [0.1, 0.15) is 11.6 Å². The van der Waals surface area contributed by atoms with Crippen LogP contribution in [0.15, 0.2) is 65.8 Å². The molecule has 0 unspecified atom stereocenters. The van der Waals surface area contributed by atoms with Crippen LogP contribution in [0.5, 0.6) is 11.5 Å². The second-order valence-corrected chi connectivity index (χ2v) is 10.4. The number of carbonyl (C=O) groups excluding carboxylic acids is 1. The maximum Gasteiger partial charge on any atom is 0.268 e. The van der Waals surface area contributed by atoms with Crippen LogP contribution in [0.2, 0.25) is 0 Å². The summed E-state index contributed by atoms with van der Waals surface area (Å²) in [5.41, 5.74) is 1.34. The molecule has 2 aromatic heterocycles. The smallest absolute Gasteiger partial charge is 0.268 e. The van der Waals surface area contributed by atoms with Crippen LogP contribution < -0.4 is 19.1 Å². The van der Waals surface area contributed by atoms with Crippen LogP contribution in [-0.4, -0.2) is 37.3 Å². The fraction of sp³-hybridized carbons (Fsp3) is 0.200. The van der Waals surface area contributed by atoms with Crippen LogP contribution in [0.3, 0.4) is 0 Å². The van der Waals surface area contributed by atoms with Gasteiger partial charge in [0.25, 0.3) is 15.9 Å². The molecule has 2 aliphatic rings. The standard InChI is InChI=1S/C25H20F2N4O5S/c26-15-3-5-20(27)18(10-15)21-2-1-8-30(21)16-7-9-31-22(11-16)19(13-28-31)25(32)29-37(33,34)17-4-6-23-24(12-17)36-14-35-23/h3-7,9-13,21H,1-2,8,14H2,(H,29,32)/t21-/m1/s1.